The van der Waals surface area contributed by atoms with E-state index in [0.717, 1.165) is 43.3 Å². The molecule has 2 bridgehead atoms. The highest BCUT2D eigenvalue weighted by Crippen LogP contribution is 2.67. The third-order valence-electron chi connectivity index (χ3n) is 10.1. The van der Waals surface area contributed by atoms with Crippen molar-refractivity contribution >= 4 is 11.8 Å². The number of esters is 1. The lowest BCUT2D eigenvalue weighted by molar-refractivity contribution is -0.322. The quantitative estimate of drug-likeness (QED) is 0.440. The summed E-state index contributed by atoms with van der Waals surface area (Å²) in [6.45, 7) is 8.83. The van der Waals surface area contributed by atoms with Gasteiger partial charge in [-0.05, 0) is 71.8 Å². The lowest BCUT2D eigenvalue weighted by Crippen LogP contribution is -2.60. The van der Waals surface area contributed by atoms with Gasteiger partial charge in [-0.25, -0.2) is 4.79 Å². The Morgan fingerprint density at radius 1 is 1.00 bits per heavy atom. The van der Waals surface area contributed by atoms with E-state index >= 15 is 0 Å². The van der Waals surface area contributed by atoms with Crippen LogP contribution in [-0.4, -0.2) is 35.9 Å². The van der Waals surface area contributed by atoms with Crippen molar-refractivity contribution in [1.29, 1.82) is 0 Å². The van der Waals surface area contributed by atoms with Crippen LogP contribution in [0.4, 0.5) is 0 Å². The SMILES string of the molecule is CC1=C(C)C(=O)O[C@@H]([C@]2(C)O[C@]34OCC[C@H]2C3CC[C@H]2[C@H]4CC=C3CC=CC(=O)[C@@]32C)C1. The molecule has 5 heteroatoms. The zero-order valence-electron chi connectivity index (χ0n) is 19.6. The first kappa shape index (κ1) is 20.9. The fourth-order valence-electron chi connectivity index (χ4n) is 8.18. The summed E-state index contributed by atoms with van der Waals surface area (Å²) in [6, 6.07) is 0. The largest absolute Gasteiger partial charge is 0.456 e. The molecule has 0 aromatic carbocycles. The molecule has 3 heterocycles. The highest BCUT2D eigenvalue weighted by atomic mass is 16.7. The van der Waals surface area contributed by atoms with Crippen molar-refractivity contribution in [1.82, 2.24) is 0 Å². The van der Waals surface area contributed by atoms with Gasteiger partial charge < -0.3 is 14.2 Å². The van der Waals surface area contributed by atoms with Gasteiger partial charge in [-0.3, -0.25) is 4.79 Å². The molecular weight excluding hydrogens is 404 g/mol. The molecule has 0 N–H and O–H groups in total. The number of hydrogen-bond acceptors (Lipinski definition) is 5. The van der Waals surface area contributed by atoms with Crippen LogP contribution in [0.25, 0.3) is 0 Å². The number of carbonyl (C=O) groups excluding carboxylic acids is 2. The van der Waals surface area contributed by atoms with Gasteiger partial charge in [0.2, 0.25) is 0 Å². The van der Waals surface area contributed by atoms with Crippen molar-refractivity contribution in [3.8, 4) is 0 Å². The maximum Gasteiger partial charge on any atom is 0.334 e. The van der Waals surface area contributed by atoms with Crippen LogP contribution in [-0.2, 0) is 23.8 Å². The van der Waals surface area contributed by atoms with E-state index in [1.807, 2.05) is 19.9 Å². The monoisotopic (exact) mass is 438 g/mol. The Morgan fingerprint density at radius 2 is 1.78 bits per heavy atom. The molecule has 6 rings (SSSR count). The third-order valence-corrected chi connectivity index (χ3v) is 10.1. The summed E-state index contributed by atoms with van der Waals surface area (Å²) in [5, 5.41) is 0. The maximum atomic E-state index is 13.2. The number of allylic oxidation sites excluding steroid dienone is 4. The van der Waals surface area contributed by atoms with Crippen molar-refractivity contribution < 1.29 is 23.8 Å². The van der Waals surface area contributed by atoms with Gasteiger partial charge in [0, 0.05) is 29.7 Å². The Hall–Kier alpha value is -1.72. The highest BCUT2D eigenvalue weighted by Gasteiger charge is 2.72. The van der Waals surface area contributed by atoms with Crippen LogP contribution in [0.15, 0.2) is 34.9 Å². The van der Waals surface area contributed by atoms with Crippen molar-refractivity contribution in [2.45, 2.75) is 83.7 Å². The minimum atomic E-state index is -0.691. The smallest absolute Gasteiger partial charge is 0.334 e. The van der Waals surface area contributed by atoms with Gasteiger partial charge in [0.15, 0.2) is 11.6 Å². The van der Waals surface area contributed by atoms with Crippen LogP contribution in [0.2, 0.25) is 0 Å². The van der Waals surface area contributed by atoms with Gasteiger partial charge in [0.1, 0.15) is 11.7 Å². The zero-order chi connectivity index (χ0) is 22.5. The van der Waals surface area contributed by atoms with E-state index in [2.05, 4.69) is 19.9 Å². The zero-order valence-corrected chi connectivity index (χ0v) is 19.6. The number of carbonyl (C=O) groups is 2. The second kappa shape index (κ2) is 6.66. The van der Waals surface area contributed by atoms with Crippen molar-refractivity contribution in [3.63, 3.8) is 0 Å². The number of ketones is 1. The normalized spacial score (nSPS) is 49.8. The number of rotatable bonds is 1. The molecule has 0 aromatic rings. The van der Waals surface area contributed by atoms with Crippen LogP contribution in [0, 0.1) is 29.1 Å². The average Bonchev–Trinajstić information content (AvgIpc) is 2.92. The molecule has 2 saturated heterocycles. The van der Waals surface area contributed by atoms with E-state index < -0.39 is 16.8 Å². The molecule has 3 aliphatic carbocycles. The van der Waals surface area contributed by atoms with Gasteiger partial charge in [-0.2, -0.15) is 0 Å². The lowest BCUT2D eigenvalue weighted by Gasteiger charge is -2.57. The molecule has 0 spiro atoms. The molecule has 0 radical (unpaired) electrons. The Labute approximate surface area is 190 Å². The fourth-order valence-corrected chi connectivity index (χ4v) is 8.18. The predicted molar refractivity (Wildman–Crippen MR) is 118 cm³/mol. The molecule has 1 saturated carbocycles. The van der Waals surface area contributed by atoms with E-state index in [4.69, 9.17) is 14.2 Å². The van der Waals surface area contributed by atoms with Gasteiger partial charge in [-0.1, -0.05) is 23.3 Å². The van der Waals surface area contributed by atoms with E-state index in [1.165, 1.54) is 5.57 Å². The molecule has 32 heavy (non-hydrogen) atoms. The van der Waals surface area contributed by atoms with E-state index in [9.17, 15) is 9.59 Å². The number of ether oxygens (including phenoxy) is 3. The second-order valence-electron chi connectivity index (χ2n) is 11.3. The van der Waals surface area contributed by atoms with Gasteiger partial charge in [-0.15, -0.1) is 0 Å². The summed E-state index contributed by atoms with van der Waals surface area (Å²) < 4.78 is 19.7. The molecule has 5 nitrogen and oxygen atoms in total. The maximum absolute atomic E-state index is 13.2. The predicted octanol–water partition coefficient (Wildman–Crippen LogP) is 4.67. The average molecular weight is 439 g/mol. The minimum absolute atomic E-state index is 0.146. The van der Waals surface area contributed by atoms with Crippen molar-refractivity contribution in [2.24, 2.45) is 29.1 Å². The first-order chi connectivity index (χ1) is 15.2. The van der Waals surface area contributed by atoms with Crippen LogP contribution in [0.1, 0.15) is 66.2 Å². The summed E-state index contributed by atoms with van der Waals surface area (Å²) in [7, 11) is 0. The second-order valence-corrected chi connectivity index (χ2v) is 11.3. The lowest BCUT2D eigenvalue weighted by atomic mass is 9.50. The summed E-state index contributed by atoms with van der Waals surface area (Å²) in [4.78, 5) is 25.7. The van der Waals surface area contributed by atoms with E-state index in [0.29, 0.717) is 18.9 Å². The molecule has 172 valence electrons. The fraction of sp³-hybridized carbons (Fsp3) is 0.704. The highest BCUT2D eigenvalue weighted by molar-refractivity contribution is 5.98. The van der Waals surface area contributed by atoms with Gasteiger partial charge in [0.05, 0.1) is 12.0 Å². The topological polar surface area (TPSA) is 61.8 Å². The van der Waals surface area contributed by atoms with Gasteiger partial charge >= 0.3 is 5.97 Å². The minimum Gasteiger partial charge on any atom is -0.456 e. The first-order valence-electron chi connectivity index (χ1n) is 12.3. The molecule has 1 unspecified atom stereocenters. The molecule has 3 fully saturated rings. The summed E-state index contributed by atoms with van der Waals surface area (Å²) in [5.41, 5.74) is 2.05. The van der Waals surface area contributed by atoms with E-state index in [-0.39, 0.29) is 35.6 Å². The Balaban J connectivity index is 1.40. The van der Waals surface area contributed by atoms with Crippen molar-refractivity contribution in [3.05, 3.63) is 34.9 Å². The Morgan fingerprint density at radius 3 is 2.56 bits per heavy atom. The van der Waals surface area contributed by atoms with Crippen LogP contribution in [0.3, 0.4) is 0 Å². The molecule has 6 aliphatic rings. The summed E-state index contributed by atoms with van der Waals surface area (Å²) in [5.74, 6) is 0.251. The molecular formula is C27H34O5. The van der Waals surface area contributed by atoms with E-state index in [1.54, 1.807) is 6.08 Å². The number of fused-ring (bicyclic) bond motifs is 3. The first-order valence-corrected chi connectivity index (χ1v) is 12.3. The molecule has 0 aromatic heterocycles. The Bertz CT molecular complexity index is 990. The Kier molecular flexibility index (Phi) is 4.34. The van der Waals surface area contributed by atoms with Crippen LogP contribution in [0.5, 0.6) is 0 Å². The number of cyclic esters (lactones) is 1. The van der Waals surface area contributed by atoms with Gasteiger partial charge in [0.25, 0.3) is 0 Å². The summed E-state index contributed by atoms with van der Waals surface area (Å²) in [6.07, 6.45) is 11.2. The standard InChI is InChI=1S/C27H34O5/c1-15-14-23(31-24(29)16(15)2)26(4)19-12-13-30-27(32-26)20-9-8-17-6-5-7-22(28)25(17,3)18(20)10-11-21(19)27/h5,7-8,18-21,23H,6,9-14H2,1-4H3/t18-,19-,20+,21?,23+,25-,26+,27-/m0/s1. The van der Waals surface area contributed by atoms with Crippen LogP contribution < -0.4 is 0 Å². The third kappa shape index (κ3) is 2.42. The summed E-state index contributed by atoms with van der Waals surface area (Å²) >= 11 is 0. The van der Waals surface area contributed by atoms with Crippen molar-refractivity contribution in [2.75, 3.05) is 6.61 Å². The molecule has 3 aliphatic heterocycles. The van der Waals surface area contributed by atoms with Crippen LogP contribution >= 0.6 is 0 Å². The molecule has 0 amide bonds. The molecule has 8 atom stereocenters. The number of hydrogen-bond donors (Lipinski definition) is 0.